The van der Waals surface area contributed by atoms with Crippen LogP contribution in [0.2, 0.25) is 16.1 Å². The summed E-state index contributed by atoms with van der Waals surface area (Å²) in [4.78, 5) is 23.9. The van der Waals surface area contributed by atoms with Gasteiger partial charge in [0.05, 0.1) is 0 Å². The lowest BCUT2D eigenvalue weighted by Gasteiger charge is -2.49. The van der Waals surface area contributed by atoms with E-state index in [1.807, 2.05) is 0 Å². The van der Waals surface area contributed by atoms with Crippen molar-refractivity contribution in [2.24, 2.45) is 0 Å². The number of aliphatic carboxylic acids is 1. The molecule has 0 aliphatic rings. The minimum atomic E-state index is -2.50. The lowest BCUT2D eigenvalue weighted by atomic mass is 10.1. The second-order valence-electron chi connectivity index (χ2n) is 8.03. The van der Waals surface area contributed by atoms with Gasteiger partial charge in [-0.3, -0.25) is 0 Å². The standard InChI is InChI=1S/C19H36O4Si/c1-10-11-12-19(8,9)24(13(2)3,14(4)5)23-18(22)16(7)15(6)17(20)21/h13-14H,10-12H2,1-9H3,(H,20,21)/b16-15-. The lowest BCUT2D eigenvalue weighted by Crippen LogP contribution is -2.55. The highest BCUT2D eigenvalue weighted by molar-refractivity contribution is 6.80. The number of unbranched alkanes of at least 4 members (excludes halogenated alkanes) is 1. The van der Waals surface area contributed by atoms with E-state index in [1.54, 1.807) is 6.92 Å². The first-order valence-electron chi connectivity index (χ1n) is 8.99. The van der Waals surface area contributed by atoms with Gasteiger partial charge in [0.15, 0.2) is 0 Å². The summed E-state index contributed by atoms with van der Waals surface area (Å²) in [5, 5.41) is 9.07. The number of hydrogen-bond donors (Lipinski definition) is 1. The Bertz CT molecular complexity index is 482. The van der Waals surface area contributed by atoms with Crippen LogP contribution in [-0.4, -0.2) is 25.4 Å². The van der Waals surface area contributed by atoms with Gasteiger partial charge in [0.1, 0.15) is 0 Å². The van der Waals surface area contributed by atoms with Crippen LogP contribution >= 0.6 is 0 Å². The molecular weight excluding hydrogens is 320 g/mol. The lowest BCUT2D eigenvalue weighted by molar-refractivity contribution is -0.135. The Labute approximate surface area is 148 Å². The Kier molecular flexibility index (Phi) is 8.43. The first-order valence-corrected chi connectivity index (χ1v) is 11.1. The molecule has 0 fully saturated rings. The van der Waals surface area contributed by atoms with E-state index < -0.39 is 20.3 Å². The highest BCUT2D eigenvalue weighted by atomic mass is 28.4. The number of carbonyl (C=O) groups is 2. The molecule has 0 aromatic heterocycles. The topological polar surface area (TPSA) is 63.6 Å². The minimum Gasteiger partial charge on any atom is -0.515 e. The summed E-state index contributed by atoms with van der Waals surface area (Å²) in [6, 6.07) is 0. The van der Waals surface area contributed by atoms with Crippen molar-refractivity contribution in [3.63, 3.8) is 0 Å². The Morgan fingerprint density at radius 1 is 1.04 bits per heavy atom. The number of carboxylic acid groups (broad SMARTS) is 1. The van der Waals surface area contributed by atoms with E-state index in [4.69, 9.17) is 9.53 Å². The van der Waals surface area contributed by atoms with Gasteiger partial charge in [-0.1, -0.05) is 61.3 Å². The van der Waals surface area contributed by atoms with Crippen LogP contribution in [-0.2, 0) is 14.0 Å². The van der Waals surface area contributed by atoms with Gasteiger partial charge in [-0.05, 0) is 36.4 Å². The zero-order valence-corrected chi connectivity index (χ0v) is 17.9. The molecule has 0 saturated carbocycles. The van der Waals surface area contributed by atoms with Crippen LogP contribution < -0.4 is 0 Å². The highest BCUT2D eigenvalue weighted by Crippen LogP contribution is 2.54. The average molecular weight is 357 g/mol. The van der Waals surface area contributed by atoms with Gasteiger partial charge in [-0.2, -0.15) is 0 Å². The van der Waals surface area contributed by atoms with Crippen LogP contribution in [0, 0.1) is 0 Å². The fraction of sp³-hybridized carbons (Fsp3) is 0.789. The predicted octanol–water partition coefficient (Wildman–Crippen LogP) is 5.69. The van der Waals surface area contributed by atoms with E-state index >= 15 is 0 Å². The van der Waals surface area contributed by atoms with E-state index in [0.717, 1.165) is 19.3 Å². The number of hydrogen-bond acceptors (Lipinski definition) is 3. The maximum atomic E-state index is 12.7. The summed E-state index contributed by atoms with van der Waals surface area (Å²) in [6.07, 6.45) is 3.22. The van der Waals surface area contributed by atoms with Crippen molar-refractivity contribution in [2.45, 2.75) is 97.7 Å². The van der Waals surface area contributed by atoms with E-state index in [0.29, 0.717) is 0 Å². The maximum Gasteiger partial charge on any atom is 0.331 e. The molecule has 24 heavy (non-hydrogen) atoms. The molecule has 0 saturated heterocycles. The van der Waals surface area contributed by atoms with Crippen LogP contribution in [0.15, 0.2) is 11.1 Å². The Morgan fingerprint density at radius 2 is 1.50 bits per heavy atom. The third kappa shape index (κ3) is 4.71. The summed E-state index contributed by atoms with van der Waals surface area (Å²) >= 11 is 0. The third-order valence-electron chi connectivity index (χ3n) is 5.38. The first-order chi connectivity index (χ1) is 10.8. The summed E-state index contributed by atoms with van der Waals surface area (Å²) < 4.78 is 6.23. The van der Waals surface area contributed by atoms with Crippen LogP contribution in [0.1, 0.15) is 81.6 Å². The quantitative estimate of drug-likeness (QED) is 0.426. The molecule has 0 aliphatic carbocycles. The van der Waals surface area contributed by atoms with E-state index in [2.05, 4.69) is 48.5 Å². The zero-order chi connectivity index (χ0) is 19.3. The Balaban J connectivity index is 5.97. The van der Waals surface area contributed by atoms with Crippen molar-refractivity contribution < 1.29 is 19.1 Å². The minimum absolute atomic E-state index is 0.0572. The molecular formula is C19H36O4Si. The molecule has 0 atom stereocenters. The molecule has 4 nitrogen and oxygen atoms in total. The normalized spacial score (nSPS) is 14.0. The molecule has 0 heterocycles. The largest absolute Gasteiger partial charge is 0.515 e. The van der Waals surface area contributed by atoms with Gasteiger partial charge in [-0.15, -0.1) is 0 Å². The van der Waals surface area contributed by atoms with Crippen molar-refractivity contribution >= 4 is 20.3 Å². The van der Waals surface area contributed by atoms with Gasteiger partial charge in [0, 0.05) is 11.1 Å². The van der Waals surface area contributed by atoms with Crippen LogP contribution in [0.25, 0.3) is 0 Å². The van der Waals surface area contributed by atoms with Crippen LogP contribution in [0.5, 0.6) is 0 Å². The van der Waals surface area contributed by atoms with Crippen molar-refractivity contribution in [3.05, 3.63) is 11.1 Å². The monoisotopic (exact) mass is 356 g/mol. The summed E-state index contributed by atoms with van der Waals surface area (Å²) in [6.45, 7) is 18.1. The molecule has 0 rings (SSSR count). The van der Waals surface area contributed by atoms with E-state index in [-0.39, 0.29) is 27.3 Å². The highest BCUT2D eigenvalue weighted by Gasteiger charge is 2.56. The van der Waals surface area contributed by atoms with Gasteiger partial charge in [-0.25, -0.2) is 9.59 Å². The van der Waals surface area contributed by atoms with Gasteiger partial charge < -0.3 is 9.53 Å². The fourth-order valence-corrected chi connectivity index (χ4v) is 10.2. The molecule has 0 aromatic rings. The van der Waals surface area contributed by atoms with Crippen LogP contribution in [0.4, 0.5) is 0 Å². The average Bonchev–Trinajstić information content (AvgIpc) is 2.47. The Hall–Kier alpha value is -1.10. The van der Waals surface area contributed by atoms with Crippen LogP contribution in [0.3, 0.4) is 0 Å². The SMILES string of the molecule is CCCCC(C)(C)[Si](OC(=O)/C(C)=C(/C)C(=O)O)(C(C)C)C(C)C. The number of carboxylic acids is 1. The summed E-state index contributed by atoms with van der Waals surface area (Å²) in [5.74, 6) is -1.54. The second kappa shape index (κ2) is 8.84. The predicted molar refractivity (Wildman–Crippen MR) is 102 cm³/mol. The van der Waals surface area contributed by atoms with Crippen molar-refractivity contribution in [3.8, 4) is 0 Å². The molecule has 0 unspecified atom stereocenters. The summed E-state index contributed by atoms with van der Waals surface area (Å²) in [5.41, 5.74) is 0.770. The zero-order valence-electron chi connectivity index (χ0n) is 16.9. The van der Waals surface area contributed by atoms with Gasteiger partial charge >= 0.3 is 11.9 Å². The van der Waals surface area contributed by atoms with Crippen molar-refractivity contribution in [1.29, 1.82) is 0 Å². The van der Waals surface area contributed by atoms with E-state index in [1.165, 1.54) is 6.92 Å². The van der Waals surface area contributed by atoms with Crippen molar-refractivity contribution in [1.82, 2.24) is 0 Å². The molecule has 0 spiro atoms. The molecule has 5 heteroatoms. The molecule has 1 N–H and O–H groups in total. The van der Waals surface area contributed by atoms with Gasteiger partial charge in [0.2, 0.25) is 0 Å². The number of rotatable bonds is 9. The molecule has 0 aliphatic heterocycles. The van der Waals surface area contributed by atoms with Crippen molar-refractivity contribution in [2.75, 3.05) is 0 Å². The molecule has 0 radical (unpaired) electrons. The molecule has 0 aromatic carbocycles. The molecule has 0 bridgehead atoms. The maximum absolute atomic E-state index is 12.7. The second-order valence-corrected chi connectivity index (χ2v) is 13.5. The molecule has 0 amide bonds. The Morgan fingerprint density at radius 3 is 1.83 bits per heavy atom. The summed E-state index contributed by atoms with van der Waals surface area (Å²) in [7, 11) is -2.50. The third-order valence-corrected chi connectivity index (χ3v) is 11.7. The van der Waals surface area contributed by atoms with Gasteiger partial charge in [0.25, 0.3) is 8.32 Å². The van der Waals surface area contributed by atoms with E-state index in [9.17, 15) is 9.59 Å². The first kappa shape index (κ1) is 22.9. The number of carbonyl (C=O) groups excluding carboxylic acids is 1. The smallest absolute Gasteiger partial charge is 0.331 e. The molecule has 140 valence electrons. The fourth-order valence-electron chi connectivity index (χ4n) is 3.96.